The Bertz CT molecular complexity index is 3910. The molecule has 3 nitrogen and oxygen atoms in total. The first kappa shape index (κ1) is 38.5. The van der Waals surface area contributed by atoms with E-state index >= 15 is 0 Å². The first-order valence-corrected chi connectivity index (χ1v) is 22.9. The molecule has 0 saturated heterocycles. The summed E-state index contributed by atoms with van der Waals surface area (Å²) in [7, 11) is 0. The Morgan fingerprint density at radius 2 is 0.716 bits per heavy atom. The lowest BCUT2D eigenvalue weighted by atomic mass is 9.93. The fourth-order valence-electron chi connectivity index (χ4n) is 10.3. The van der Waals surface area contributed by atoms with Gasteiger partial charge in [0.25, 0.3) is 0 Å². The Hall–Kier alpha value is -8.92. The van der Waals surface area contributed by atoms with E-state index in [9.17, 15) is 0 Å². The highest BCUT2D eigenvalue weighted by Crippen LogP contribution is 2.43. The van der Waals surface area contributed by atoms with Gasteiger partial charge in [-0.2, -0.15) is 0 Å². The summed E-state index contributed by atoms with van der Waals surface area (Å²) in [6.45, 7) is 0. The number of para-hydroxylation sites is 5. The van der Waals surface area contributed by atoms with Crippen LogP contribution in [0.3, 0.4) is 0 Å². The van der Waals surface area contributed by atoms with Crippen LogP contribution in [0.2, 0.25) is 0 Å². The molecule has 0 spiro atoms. The monoisotopic (exact) mass is 854 g/mol. The Labute approximate surface area is 388 Å². The minimum absolute atomic E-state index is 0.900. The molecule has 0 fully saturated rings. The van der Waals surface area contributed by atoms with Crippen LogP contribution in [0.4, 0.5) is 17.1 Å². The van der Waals surface area contributed by atoms with Crippen molar-refractivity contribution in [2.24, 2.45) is 0 Å². The van der Waals surface area contributed by atoms with E-state index in [1.165, 1.54) is 49.3 Å². The topological polar surface area (TPSA) is 21.3 Å². The Morgan fingerprint density at radius 3 is 1.39 bits per heavy atom. The van der Waals surface area contributed by atoms with Crippen LogP contribution in [0, 0.1) is 0 Å². The van der Waals surface area contributed by atoms with Gasteiger partial charge in [-0.3, -0.25) is 0 Å². The van der Waals surface area contributed by atoms with Gasteiger partial charge in [0, 0.05) is 49.7 Å². The standard InChI is InChI=1S/C64H42N2O/c1-2-17-50-43(15-1)16-13-24-51(50)44-31-37-47(38-32-44)65(48-39-33-45(34-40-48)52-18-3-4-20-54(52)58-25-14-26-59-57-23-8-12-30-63(57)67-64(58)59)49-41-35-46(36-42-49)53-19-5-9-27-60(53)66-61-28-10-6-21-55(61)56-22-7-11-29-62(56)66/h1-42H. The molecule has 0 radical (unpaired) electrons. The summed E-state index contributed by atoms with van der Waals surface area (Å²) in [5.74, 6) is 0. The van der Waals surface area contributed by atoms with Crippen molar-refractivity contribution in [2.45, 2.75) is 0 Å². The smallest absolute Gasteiger partial charge is 0.143 e. The molecule has 0 saturated carbocycles. The summed E-state index contributed by atoms with van der Waals surface area (Å²) >= 11 is 0. The van der Waals surface area contributed by atoms with Crippen LogP contribution in [0.5, 0.6) is 0 Å². The Balaban J connectivity index is 0.909. The highest BCUT2D eigenvalue weighted by Gasteiger charge is 2.19. The molecule has 0 N–H and O–H groups in total. The molecule has 2 aromatic heterocycles. The molecule has 0 aliphatic carbocycles. The number of benzene rings is 11. The summed E-state index contributed by atoms with van der Waals surface area (Å²) in [5, 5.41) is 7.25. The van der Waals surface area contributed by atoms with Crippen molar-refractivity contribution >= 4 is 71.6 Å². The lowest BCUT2D eigenvalue weighted by Crippen LogP contribution is -2.10. The molecule has 11 aromatic carbocycles. The third-order valence-electron chi connectivity index (χ3n) is 13.4. The minimum Gasteiger partial charge on any atom is -0.455 e. The molecule has 67 heavy (non-hydrogen) atoms. The van der Waals surface area contributed by atoms with Crippen molar-refractivity contribution in [1.29, 1.82) is 0 Å². The lowest BCUT2D eigenvalue weighted by molar-refractivity contribution is 0.670. The van der Waals surface area contributed by atoms with Crippen molar-refractivity contribution in [3.05, 3.63) is 255 Å². The van der Waals surface area contributed by atoms with E-state index in [2.05, 4.69) is 252 Å². The molecule has 0 amide bonds. The van der Waals surface area contributed by atoms with Crippen LogP contribution in [0.1, 0.15) is 0 Å². The number of nitrogens with zero attached hydrogens (tertiary/aromatic N) is 2. The predicted molar refractivity (Wildman–Crippen MR) is 282 cm³/mol. The lowest BCUT2D eigenvalue weighted by Gasteiger charge is -2.26. The van der Waals surface area contributed by atoms with E-state index in [0.717, 1.165) is 72.5 Å². The number of furan rings is 1. The molecular formula is C64H42N2O. The SMILES string of the molecule is c1ccc(-c2cccc3c2oc2ccccc23)c(-c2ccc(N(c3ccc(-c4ccccc4-n4c5ccccc5c5ccccc54)cc3)c3ccc(-c4cccc5ccccc45)cc3)cc2)c1. The number of anilines is 3. The van der Waals surface area contributed by atoms with Gasteiger partial charge in [-0.1, -0.05) is 194 Å². The van der Waals surface area contributed by atoms with Gasteiger partial charge in [-0.15, -0.1) is 0 Å². The molecule has 0 unspecified atom stereocenters. The van der Waals surface area contributed by atoms with Crippen LogP contribution in [-0.2, 0) is 0 Å². The van der Waals surface area contributed by atoms with E-state index < -0.39 is 0 Å². The molecule has 13 aromatic rings. The number of rotatable bonds is 8. The van der Waals surface area contributed by atoms with E-state index in [1.54, 1.807) is 0 Å². The van der Waals surface area contributed by atoms with Crippen LogP contribution >= 0.6 is 0 Å². The van der Waals surface area contributed by atoms with Crippen molar-refractivity contribution in [3.63, 3.8) is 0 Å². The first-order valence-electron chi connectivity index (χ1n) is 22.9. The zero-order valence-electron chi connectivity index (χ0n) is 36.6. The molecule has 3 heteroatoms. The van der Waals surface area contributed by atoms with Gasteiger partial charge >= 0.3 is 0 Å². The maximum Gasteiger partial charge on any atom is 0.143 e. The second-order valence-corrected chi connectivity index (χ2v) is 17.2. The van der Waals surface area contributed by atoms with Crippen LogP contribution in [0.25, 0.3) is 105 Å². The molecular weight excluding hydrogens is 813 g/mol. The molecule has 2 heterocycles. The number of aromatic nitrogens is 1. The van der Waals surface area contributed by atoms with Gasteiger partial charge in [-0.25, -0.2) is 0 Å². The number of hydrogen-bond acceptors (Lipinski definition) is 2. The van der Waals surface area contributed by atoms with E-state index in [1.807, 2.05) is 12.1 Å². The average Bonchev–Trinajstić information content (AvgIpc) is 3.95. The third-order valence-corrected chi connectivity index (χ3v) is 13.4. The number of fused-ring (bicyclic) bond motifs is 7. The fraction of sp³-hybridized carbons (Fsp3) is 0. The summed E-state index contributed by atoms with van der Waals surface area (Å²) in [6.07, 6.45) is 0. The third kappa shape index (κ3) is 6.51. The molecule has 0 atom stereocenters. The van der Waals surface area contributed by atoms with E-state index in [-0.39, 0.29) is 0 Å². The Morgan fingerprint density at radius 1 is 0.284 bits per heavy atom. The number of hydrogen-bond donors (Lipinski definition) is 0. The van der Waals surface area contributed by atoms with Crippen molar-refractivity contribution < 1.29 is 4.42 Å². The fourth-order valence-corrected chi connectivity index (χ4v) is 10.3. The van der Waals surface area contributed by atoms with Gasteiger partial charge in [0.05, 0.1) is 16.7 Å². The van der Waals surface area contributed by atoms with Crippen molar-refractivity contribution in [2.75, 3.05) is 4.90 Å². The Kier molecular flexibility index (Phi) is 9.17. The van der Waals surface area contributed by atoms with E-state index in [4.69, 9.17) is 4.42 Å². The zero-order valence-corrected chi connectivity index (χ0v) is 36.6. The van der Waals surface area contributed by atoms with Gasteiger partial charge < -0.3 is 13.9 Å². The van der Waals surface area contributed by atoms with Crippen molar-refractivity contribution in [1.82, 2.24) is 4.57 Å². The van der Waals surface area contributed by atoms with Gasteiger partial charge in [-0.05, 0) is 105 Å². The summed E-state index contributed by atoms with van der Waals surface area (Å²) < 4.78 is 8.93. The van der Waals surface area contributed by atoms with Crippen molar-refractivity contribution in [3.8, 4) is 50.2 Å². The first-order chi connectivity index (χ1) is 33.2. The molecule has 13 rings (SSSR count). The normalized spacial score (nSPS) is 11.6. The van der Waals surface area contributed by atoms with Gasteiger partial charge in [0.15, 0.2) is 0 Å². The van der Waals surface area contributed by atoms with E-state index in [0.29, 0.717) is 0 Å². The minimum atomic E-state index is 0.900. The molecule has 0 aliphatic heterocycles. The van der Waals surface area contributed by atoms with Gasteiger partial charge in [0.1, 0.15) is 11.2 Å². The maximum absolute atomic E-state index is 6.52. The highest BCUT2D eigenvalue weighted by atomic mass is 16.3. The second-order valence-electron chi connectivity index (χ2n) is 17.2. The predicted octanol–water partition coefficient (Wildman–Crippen LogP) is 18.0. The molecule has 0 bridgehead atoms. The molecule has 314 valence electrons. The molecule has 0 aliphatic rings. The maximum atomic E-state index is 6.52. The van der Waals surface area contributed by atoms with Crippen LogP contribution in [-0.4, -0.2) is 4.57 Å². The van der Waals surface area contributed by atoms with Gasteiger partial charge in [0.2, 0.25) is 0 Å². The largest absolute Gasteiger partial charge is 0.455 e. The highest BCUT2D eigenvalue weighted by molar-refractivity contribution is 6.11. The summed E-state index contributed by atoms with van der Waals surface area (Å²) in [4.78, 5) is 2.36. The summed E-state index contributed by atoms with van der Waals surface area (Å²) in [5.41, 5.74) is 17.8. The van der Waals surface area contributed by atoms with Crippen LogP contribution < -0.4 is 4.90 Å². The second kappa shape index (κ2) is 16.0. The summed E-state index contributed by atoms with van der Waals surface area (Å²) in [6, 6.07) is 91.8. The van der Waals surface area contributed by atoms with Crippen LogP contribution in [0.15, 0.2) is 259 Å². The zero-order chi connectivity index (χ0) is 44.3. The quantitative estimate of drug-likeness (QED) is 0.152. The average molecular weight is 855 g/mol.